The molecule has 0 aliphatic heterocycles. The third kappa shape index (κ3) is 1890. The van der Waals surface area contributed by atoms with Crippen molar-refractivity contribution in [2.75, 3.05) is 0 Å². The molecule has 0 unspecified atom stereocenters. The highest BCUT2D eigenvalue weighted by Crippen LogP contribution is 1.82. The lowest BCUT2D eigenvalue weighted by Gasteiger charge is -1.70. The minimum absolute atomic E-state index is 0. The summed E-state index contributed by atoms with van der Waals surface area (Å²) in [7, 11) is 0. The van der Waals surface area contributed by atoms with Gasteiger partial charge in [0.1, 0.15) is 0 Å². The molecule has 0 radical (unpaired) electrons. The molecule has 0 N–H and O–H groups in total. The summed E-state index contributed by atoms with van der Waals surface area (Å²) in [5.41, 5.74) is 0. The van der Waals surface area contributed by atoms with E-state index in [2.05, 4.69) is 0 Å². The van der Waals surface area contributed by atoms with Crippen molar-refractivity contribution >= 4 is 0 Å². The Labute approximate surface area is 41.9 Å². The lowest BCUT2D eigenvalue weighted by Crippen LogP contribution is -1.69. The van der Waals surface area contributed by atoms with Crippen molar-refractivity contribution < 1.29 is 13.5 Å². The van der Waals surface area contributed by atoms with Gasteiger partial charge in [0.25, 0.3) is 0 Å². The highest BCUT2D eigenvalue weighted by molar-refractivity contribution is 4.06. The van der Waals surface area contributed by atoms with Crippen LogP contribution in [0.5, 0.6) is 0 Å². The number of hydrogen-bond acceptors (Lipinski definition) is 0. The average Bonchev–Trinajstić information content (AvgIpc) is 1.41. The molecule has 0 aliphatic carbocycles. The van der Waals surface area contributed by atoms with Gasteiger partial charge in [-0.3, -0.25) is 4.70 Å². The molecule has 48 valence electrons. The second-order valence-corrected chi connectivity index (χ2v) is 0.519. The Hall–Kier alpha value is -0.210. The second-order valence-electron chi connectivity index (χ2n) is 0.519. The predicted octanol–water partition coefficient (Wildman–Crippen LogP) is 2.45. The normalized spacial score (nSPS) is 6.00. The third-order valence-electron chi connectivity index (χ3n) is 0. The minimum atomic E-state index is -2.17. The van der Waals surface area contributed by atoms with E-state index in [9.17, 15) is 8.78 Å². The van der Waals surface area contributed by atoms with Crippen LogP contribution in [-0.4, -0.2) is 6.43 Å². The first-order chi connectivity index (χ1) is 2.73. The van der Waals surface area contributed by atoms with E-state index in [0.29, 0.717) is 0 Å². The molecule has 0 rings (SSSR count). The van der Waals surface area contributed by atoms with Gasteiger partial charge >= 0.3 is 0 Å². The average molecular weight is 116 g/mol. The van der Waals surface area contributed by atoms with E-state index in [-0.39, 0.29) is 4.70 Å². The zero-order valence-corrected chi connectivity index (χ0v) is 4.74. The summed E-state index contributed by atoms with van der Waals surface area (Å²) < 4.78 is 20.7. The third-order valence-corrected chi connectivity index (χ3v) is 0. The van der Waals surface area contributed by atoms with Crippen LogP contribution in [0.2, 0.25) is 0 Å². The maximum absolute atomic E-state index is 10.3. The zero-order valence-electron chi connectivity index (χ0n) is 4.74. The van der Waals surface area contributed by atoms with Crippen molar-refractivity contribution in [1.29, 1.82) is 0 Å². The van der Waals surface area contributed by atoms with Gasteiger partial charge in [0.2, 0.25) is 6.43 Å². The summed E-state index contributed by atoms with van der Waals surface area (Å²) in [5.74, 6) is 0. The Bertz CT molecular complexity index is 11.7. The van der Waals surface area contributed by atoms with Gasteiger partial charge in [0.05, 0.1) is 0 Å². The fraction of sp³-hybridized carbons (Fsp3) is 1.00. The van der Waals surface area contributed by atoms with Crippen LogP contribution in [-0.2, 0) is 0 Å². The van der Waals surface area contributed by atoms with Gasteiger partial charge in [-0.25, -0.2) is 8.78 Å². The highest BCUT2D eigenvalue weighted by atomic mass is 19.3. The van der Waals surface area contributed by atoms with E-state index >= 15 is 0 Å². The summed E-state index contributed by atoms with van der Waals surface area (Å²) in [4.78, 5) is 0. The molecule has 0 heterocycles. The molecule has 7 heavy (non-hydrogen) atoms. The molecule has 0 nitrogen and oxygen atoms in total. The zero-order chi connectivity index (χ0) is 5.58. The molecule has 0 amide bonds. The molecule has 0 aromatic rings. The van der Waals surface area contributed by atoms with Crippen molar-refractivity contribution in [3.05, 3.63) is 0 Å². The van der Waals surface area contributed by atoms with Crippen LogP contribution in [0.15, 0.2) is 0 Å². The number of halogens is 3. The Morgan fingerprint density at radius 1 is 1.14 bits per heavy atom. The Morgan fingerprint density at radius 3 is 1.14 bits per heavy atom. The van der Waals surface area contributed by atoms with Crippen molar-refractivity contribution in [3.63, 3.8) is 0 Å². The first kappa shape index (κ1) is 15.8. The summed E-state index contributed by atoms with van der Waals surface area (Å²) in [5, 5.41) is 0. The van der Waals surface area contributed by atoms with E-state index in [1.807, 2.05) is 13.8 Å². The quantitative estimate of drug-likeness (QED) is 0.456. The molecule has 0 saturated heterocycles. The molecular weight excluding hydrogens is 105 g/mol. The summed E-state index contributed by atoms with van der Waals surface area (Å²) >= 11 is 0. The topological polar surface area (TPSA) is 0 Å². The van der Waals surface area contributed by atoms with Crippen LogP contribution in [0, 0.1) is 0 Å². The molecule has 3 heteroatoms. The first-order valence-electron chi connectivity index (χ1n) is 2.01. The van der Waals surface area contributed by atoms with Gasteiger partial charge in [-0.2, -0.15) is 0 Å². The smallest absolute Gasteiger partial charge is 0.235 e. The molecule has 0 bridgehead atoms. The summed E-state index contributed by atoms with van der Waals surface area (Å²) in [6, 6.07) is 0. The fourth-order valence-corrected chi connectivity index (χ4v) is 0. The van der Waals surface area contributed by atoms with E-state index in [0.717, 1.165) is 6.92 Å². The Balaban J connectivity index is -0.0000000480. The lowest BCUT2D eigenvalue weighted by atomic mass is 10.9. The van der Waals surface area contributed by atoms with E-state index < -0.39 is 6.43 Å². The predicted molar refractivity (Wildman–Crippen MR) is 25.5 cm³/mol. The monoisotopic (exact) mass is 116 g/mol. The van der Waals surface area contributed by atoms with Gasteiger partial charge in [0.15, 0.2) is 0 Å². The van der Waals surface area contributed by atoms with Crippen molar-refractivity contribution in [3.8, 4) is 0 Å². The first-order valence-corrected chi connectivity index (χ1v) is 2.01. The maximum Gasteiger partial charge on any atom is 0.235 e. The second kappa shape index (κ2) is 17.1. The van der Waals surface area contributed by atoms with E-state index in [4.69, 9.17) is 0 Å². The van der Waals surface area contributed by atoms with Crippen LogP contribution in [0.25, 0.3) is 0 Å². The summed E-state index contributed by atoms with van der Waals surface area (Å²) in [6.07, 6.45) is -2.17. The standard InChI is InChI=1S/C2H4F2.C2H6.FH/c1-2(3)4;1-2;/h2H,1H3;1-2H3;1H. The molecule has 0 fully saturated rings. The lowest BCUT2D eigenvalue weighted by molar-refractivity contribution is 0.171. The van der Waals surface area contributed by atoms with Crippen molar-refractivity contribution in [2.45, 2.75) is 27.2 Å². The van der Waals surface area contributed by atoms with Crippen LogP contribution >= 0.6 is 0 Å². The van der Waals surface area contributed by atoms with Crippen LogP contribution in [0.3, 0.4) is 0 Å². The number of hydrogen-bond donors (Lipinski definition) is 0. The molecule has 0 spiro atoms. The molecule has 0 aromatic heterocycles. The van der Waals surface area contributed by atoms with Gasteiger partial charge in [-0.05, 0) is 6.92 Å². The molecule has 0 atom stereocenters. The molecule has 0 aliphatic rings. The molecule has 0 saturated carbocycles. The van der Waals surface area contributed by atoms with Crippen molar-refractivity contribution in [1.82, 2.24) is 0 Å². The highest BCUT2D eigenvalue weighted by Gasteiger charge is 1.79. The fourth-order valence-electron chi connectivity index (χ4n) is 0. The molecular formula is C4H11F3. The summed E-state index contributed by atoms with van der Waals surface area (Å²) in [6.45, 7) is 4.83. The maximum atomic E-state index is 10.3. The van der Waals surface area contributed by atoms with Gasteiger partial charge in [-0.15, -0.1) is 0 Å². The number of rotatable bonds is 0. The van der Waals surface area contributed by atoms with E-state index in [1.165, 1.54) is 0 Å². The largest absolute Gasteiger partial charge is 0.269 e. The van der Waals surface area contributed by atoms with Crippen LogP contribution in [0.1, 0.15) is 20.8 Å². The van der Waals surface area contributed by atoms with Gasteiger partial charge in [-0.1, -0.05) is 13.8 Å². The van der Waals surface area contributed by atoms with E-state index in [1.54, 1.807) is 0 Å². The van der Waals surface area contributed by atoms with Gasteiger partial charge < -0.3 is 0 Å². The Kier molecular flexibility index (Phi) is 38.6. The Morgan fingerprint density at radius 2 is 1.14 bits per heavy atom. The van der Waals surface area contributed by atoms with Crippen molar-refractivity contribution in [2.24, 2.45) is 0 Å². The number of alkyl halides is 2. The minimum Gasteiger partial charge on any atom is -0.269 e. The molecule has 0 aromatic carbocycles. The van der Waals surface area contributed by atoms with Crippen LogP contribution in [0.4, 0.5) is 13.5 Å². The SMILES string of the molecule is CC.CC(F)F.F. The van der Waals surface area contributed by atoms with Crippen LogP contribution < -0.4 is 0 Å². The van der Waals surface area contributed by atoms with Gasteiger partial charge in [0, 0.05) is 0 Å².